The molecule has 0 aromatic heterocycles. The van der Waals surface area contributed by atoms with Crippen molar-refractivity contribution < 1.29 is 18.1 Å². The van der Waals surface area contributed by atoms with Crippen LogP contribution in [0.5, 0.6) is 0 Å². The van der Waals surface area contributed by atoms with Gasteiger partial charge in [0.1, 0.15) is 5.25 Å². The number of nitro groups is 1. The predicted molar refractivity (Wildman–Crippen MR) is 97.6 cm³/mol. The number of benzene rings is 2. The van der Waals surface area contributed by atoms with Gasteiger partial charge in [0, 0.05) is 18.7 Å². The third kappa shape index (κ3) is 4.45. The maximum Gasteiger partial charge on any atom is 0.269 e. The molecule has 2 aromatic rings. The van der Waals surface area contributed by atoms with Gasteiger partial charge in [0.15, 0.2) is 9.84 Å². The van der Waals surface area contributed by atoms with Crippen LogP contribution in [0.3, 0.4) is 0 Å². The third-order valence-electron chi connectivity index (χ3n) is 4.16. The molecule has 0 bridgehead atoms. The lowest BCUT2D eigenvalue weighted by atomic mass is 10.0. The highest BCUT2D eigenvalue weighted by atomic mass is 32.2. The van der Waals surface area contributed by atoms with Crippen molar-refractivity contribution in [3.05, 3.63) is 70.3 Å². The van der Waals surface area contributed by atoms with Gasteiger partial charge < -0.3 is 5.32 Å². The Morgan fingerprint density at radius 1 is 1.08 bits per heavy atom. The quantitative estimate of drug-likeness (QED) is 0.591. The van der Waals surface area contributed by atoms with Gasteiger partial charge in [-0.05, 0) is 30.5 Å². The standard InChI is InChI=1S/C18H20N2O5S/c1-13(15-6-4-3-5-7-15)12-19-18(21)14(2)26(24,25)17-10-8-16(9-11-17)20(22)23/h3-11,13-14H,12H2,1-2H3,(H,19,21)/t13-,14+/m1/s1. The number of hydrogen-bond acceptors (Lipinski definition) is 5. The van der Waals surface area contributed by atoms with Crippen molar-refractivity contribution in [3.8, 4) is 0 Å². The maximum atomic E-state index is 12.5. The SMILES string of the molecule is C[C@H](CNC(=O)[C@H](C)S(=O)(=O)c1ccc([N+](=O)[O-])cc1)c1ccccc1. The highest BCUT2D eigenvalue weighted by Crippen LogP contribution is 2.20. The minimum Gasteiger partial charge on any atom is -0.354 e. The van der Waals surface area contributed by atoms with Gasteiger partial charge in [0.05, 0.1) is 9.82 Å². The molecule has 2 aromatic carbocycles. The second kappa shape index (κ2) is 8.09. The van der Waals surface area contributed by atoms with Crippen LogP contribution in [-0.4, -0.2) is 31.0 Å². The summed E-state index contributed by atoms with van der Waals surface area (Å²) >= 11 is 0. The fraction of sp³-hybridized carbons (Fsp3) is 0.278. The van der Waals surface area contributed by atoms with E-state index in [1.54, 1.807) is 0 Å². The summed E-state index contributed by atoms with van der Waals surface area (Å²) in [4.78, 5) is 22.2. The highest BCUT2D eigenvalue weighted by Gasteiger charge is 2.30. The van der Waals surface area contributed by atoms with Crippen LogP contribution >= 0.6 is 0 Å². The van der Waals surface area contributed by atoms with Crippen LogP contribution in [0.1, 0.15) is 25.3 Å². The number of sulfone groups is 1. The molecule has 1 amide bonds. The Bertz CT molecular complexity index is 880. The molecular formula is C18H20N2O5S. The Morgan fingerprint density at radius 2 is 1.65 bits per heavy atom. The van der Waals surface area contributed by atoms with E-state index >= 15 is 0 Å². The van der Waals surface area contributed by atoms with Crippen LogP contribution in [0.4, 0.5) is 5.69 Å². The lowest BCUT2D eigenvalue weighted by Crippen LogP contribution is -2.39. The van der Waals surface area contributed by atoms with Crippen LogP contribution in [0, 0.1) is 10.1 Å². The monoisotopic (exact) mass is 376 g/mol. The van der Waals surface area contributed by atoms with Crippen molar-refractivity contribution in [1.29, 1.82) is 0 Å². The summed E-state index contributed by atoms with van der Waals surface area (Å²) in [6, 6.07) is 14.1. The lowest BCUT2D eigenvalue weighted by Gasteiger charge is -2.16. The number of rotatable bonds is 7. The topological polar surface area (TPSA) is 106 Å². The minimum absolute atomic E-state index is 0.0365. The van der Waals surface area contributed by atoms with Crippen LogP contribution < -0.4 is 5.32 Å². The first-order chi connectivity index (χ1) is 12.2. The molecule has 0 fully saturated rings. The summed E-state index contributed by atoms with van der Waals surface area (Å²) in [5.74, 6) is -0.569. The predicted octanol–water partition coefficient (Wildman–Crippen LogP) is 2.68. The van der Waals surface area contributed by atoms with E-state index in [9.17, 15) is 23.3 Å². The molecule has 0 radical (unpaired) electrons. The van der Waals surface area contributed by atoms with Gasteiger partial charge >= 0.3 is 0 Å². The van der Waals surface area contributed by atoms with E-state index in [4.69, 9.17) is 0 Å². The molecule has 2 atom stereocenters. The van der Waals surface area contributed by atoms with Crippen molar-refractivity contribution in [2.45, 2.75) is 29.9 Å². The molecule has 0 heterocycles. The summed E-state index contributed by atoms with van der Waals surface area (Å²) in [7, 11) is -3.93. The molecule has 2 rings (SSSR count). The molecule has 0 aliphatic rings. The second-order valence-corrected chi connectivity index (χ2v) is 8.26. The van der Waals surface area contributed by atoms with E-state index in [-0.39, 0.29) is 16.5 Å². The Hall–Kier alpha value is -2.74. The van der Waals surface area contributed by atoms with Crippen LogP contribution in [0.2, 0.25) is 0 Å². The van der Waals surface area contributed by atoms with E-state index in [1.165, 1.54) is 6.92 Å². The van der Waals surface area contributed by atoms with Crippen LogP contribution in [0.25, 0.3) is 0 Å². The zero-order chi connectivity index (χ0) is 19.3. The molecule has 26 heavy (non-hydrogen) atoms. The van der Waals surface area contributed by atoms with Crippen LogP contribution in [-0.2, 0) is 14.6 Å². The molecule has 0 saturated heterocycles. The third-order valence-corrected chi connectivity index (χ3v) is 6.24. The Kier molecular flexibility index (Phi) is 6.10. The van der Waals surface area contributed by atoms with E-state index in [2.05, 4.69) is 5.32 Å². The van der Waals surface area contributed by atoms with Crippen molar-refractivity contribution >= 4 is 21.4 Å². The van der Waals surface area contributed by atoms with Crippen molar-refractivity contribution in [1.82, 2.24) is 5.32 Å². The highest BCUT2D eigenvalue weighted by molar-refractivity contribution is 7.92. The number of carbonyl (C=O) groups is 1. The molecule has 0 spiro atoms. The summed E-state index contributed by atoms with van der Waals surface area (Å²) < 4.78 is 25.1. The summed E-state index contributed by atoms with van der Waals surface area (Å²) in [5, 5.41) is 12.0. The Morgan fingerprint density at radius 3 is 2.19 bits per heavy atom. The first-order valence-corrected chi connectivity index (χ1v) is 9.59. The van der Waals surface area contributed by atoms with Gasteiger partial charge in [-0.3, -0.25) is 14.9 Å². The number of nitrogens with one attached hydrogen (secondary N) is 1. The van der Waals surface area contributed by atoms with Gasteiger partial charge in [0.25, 0.3) is 5.69 Å². The summed E-state index contributed by atoms with van der Waals surface area (Å²) in [5.41, 5.74) is 0.830. The normalized spacial score (nSPS) is 13.6. The fourth-order valence-corrected chi connectivity index (χ4v) is 3.69. The zero-order valence-corrected chi connectivity index (χ0v) is 15.3. The Balaban J connectivity index is 2.05. The molecule has 8 heteroatoms. The van der Waals surface area contributed by atoms with Gasteiger partial charge in [-0.2, -0.15) is 0 Å². The number of amides is 1. The zero-order valence-electron chi connectivity index (χ0n) is 14.5. The molecule has 0 aliphatic carbocycles. The molecule has 138 valence electrons. The number of hydrogen-bond donors (Lipinski definition) is 1. The van der Waals surface area contributed by atoms with E-state index in [1.807, 2.05) is 37.3 Å². The molecule has 7 nitrogen and oxygen atoms in total. The van der Waals surface area contributed by atoms with Gasteiger partial charge in [0.2, 0.25) is 5.91 Å². The summed E-state index contributed by atoms with van der Waals surface area (Å²) in [6.07, 6.45) is 0. The van der Waals surface area contributed by atoms with Gasteiger partial charge in [-0.1, -0.05) is 37.3 Å². The molecule has 0 saturated carbocycles. The fourth-order valence-electron chi connectivity index (χ4n) is 2.40. The number of nitrogens with zero attached hydrogens (tertiary/aromatic N) is 1. The smallest absolute Gasteiger partial charge is 0.269 e. The second-order valence-electron chi connectivity index (χ2n) is 6.00. The number of carbonyl (C=O) groups excluding carboxylic acids is 1. The Labute approximate surface area is 152 Å². The minimum atomic E-state index is -3.93. The lowest BCUT2D eigenvalue weighted by molar-refractivity contribution is -0.384. The van der Waals surface area contributed by atoms with Crippen LogP contribution in [0.15, 0.2) is 59.5 Å². The number of nitro benzene ring substituents is 1. The van der Waals surface area contributed by atoms with Crippen molar-refractivity contribution in [2.24, 2.45) is 0 Å². The first kappa shape index (κ1) is 19.6. The average molecular weight is 376 g/mol. The largest absolute Gasteiger partial charge is 0.354 e. The van der Waals surface area contributed by atoms with E-state index in [0.29, 0.717) is 6.54 Å². The van der Waals surface area contributed by atoms with Gasteiger partial charge in [-0.25, -0.2) is 8.42 Å². The van der Waals surface area contributed by atoms with E-state index < -0.39 is 25.9 Å². The van der Waals surface area contributed by atoms with Crippen molar-refractivity contribution in [3.63, 3.8) is 0 Å². The molecule has 0 aliphatic heterocycles. The molecule has 0 unspecified atom stereocenters. The van der Waals surface area contributed by atoms with E-state index in [0.717, 1.165) is 29.8 Å². The van der Waals surface area contributed by atoms with Gasteiger partial charge in [-0.15, -0.1) is 0 Å². The molecular weight excluding hydrogens is 356 g/mol. The summed E-state index contributed by atoms with van der Waals surface area (Å²) in [6.45, 7) is 3.55. The first-order valence-electron chi connectivity index (χ1n) is 8.04. The molecule has 1 N–H and O–H groups in total. The maximum absolute atomic E-state index is 12.5. The number of non-ortho nitro benzene ring substituents is 1. The van der Waals surface area contributed by atoms with Crippen molar-refractivity contribution in [2.75, 3.05) is 6.54 Å². The average Bonchev–Trinajstić information content (AvgIpc) is 2.65.